The summed E-state index contributed by atoms with van der Waals surface area (Å²) in [5.41, 5.74) is 0. The molecule has 0 saturated carbocycles. The van der Waals surface area contributed by atoms with Crippen molar-refractivity contribution in [2.75, 3.05) is 0 Å². The first-order chi connectivity index (χ1) is 9.74. The summed E-state index contributed by atoms with van der Waals surface area (Å²) in [5.74, 6) is 0. The van der Waals surface area contributed by atoms with Gasteiger partial charge in [0, 0.05) is 4.90 Å². The second-order valence-electron chi connectivity index (χ2n) is 5.40. The Bertz CT molecular complexity index is 268. The van der Waals surface area contributed by atoms with Gasteiger partial charge in [0.25, 0.3) is 0 Å². The molecule has 0 heterocycles. The van der Waals surface area contributed by atoms with E-state index in [0.29, 0.717) is 0 Å². The van der Waals surface area contributed by atoms with Gasteiger partial charge < -0.3 is 0 Å². The van der Waals surface area contributed by atoms with Crippen LogP contribution >= 0.6 is 12.6 Å². The van der Waals surface area contributed by atoms with Gasteiger partial charge in [0.05, 0.1) is 0 Å². The molecule has 1 aromatic carbocycles. The molecule has 114 valence electrons. The van der Waals surface area contributed by atoms with E-state index in [2.05, 4.69) is 33.4 Å². The summed E-state index contributed by atoms with van der Waals surface area (Å²) in [6, 6.07) is 9.79. The number of hydrogen-bond acceptors (Lipinski definition) is 1. The van der Waals surface area contributed by atoms with Crippen molar-refractivity contribution < 1.29 is 0 Å². The number of thiol groups is 1. The molecule has 0 aliphatic heterocycles. The molecular formula is C18H33SSn+. The number of unbranched alkanes of at least 4 members (excludes halogenated alkanes) is 3. The minimum Gasteiger partial charge on any atom is -0.143 e. The van der Waals surface area contributed by atoms with Gasteiger partial charge in [-0.1, -0.05) is 18.2 Å². The van der Waals surface area contributed by atoms with Crippen molar-refractivity contribution in [2.45, 2.75) is 77.5 Å². The van der Waals surface area contributed by atoms with Gasteiger partial charge in [0.1, 0.15) is 0 Å². The van der Waals surface area contributed by atoms with Gasteiger partial charge in [-0.3, -0.25) is 0 Å². The molecule has 0 N–H and O–H groups in total. The summed E-state index contributed by atoms with van der Waals surface area (Å²) >= 11 is 3.25. The van der Waals surface area contributed by atoms with Crippen LogP contribution in [0.5, 0.6) is 0 Å². The van der Waals surface area contributed by atoms with Crippen molar-refractivity contribution in [1.29, 1.82) is 0 Å². The van der Waals surface area contributed by atoms with E-state index in [1.54, 1.807) is 13.3 Å². The molecule has 0 radical (unpaired) electrons. The Hall–Kier alpha value is 0.369. The van der Waals surface area contributed by atoms with Crippen LogP contribution in [0.1, 0.15) is 59.3 Å². The van der Waals surface area contributed by atoms with Crippen LogP contribution in [0.4, 0.5) is 0 Å². The summed E-state index contributed by atoms with van der Waals surface area (Å²) in [6.07, 6.45) is 8.85. The average molecular weight is 400 g/mol. The molecule has 0 aromatic heterocycles. The summed E-state index contributed by atoms with van der Waals surface area (Å²) < 4.78 is 5.04. The molecule has 0 fully saturated rings. The van der Waals surface area contributed by atoms with Gasteiger partial charge in [0.2, 0.25) is 0 Å². The van der Waals surface area contributed by atoms with Crippen LogP contribution in [0.25, 0.3) is 0 Å². The Morgan fingerprint density at radius 1 is 0.750 bits per heavy atom. The molecule has 0 unspecified atom stereocenters. The maximum Gasteiger partial charge on any atom is 0.00399 e. The third-order valence-electron chi connectivity index (χ3n) is 3.41. The fourth-order valence-electron chi connectivity index (χ4n) is 2.08. The van der Waals surface area contributed by atoms with Crippen molar-refractivity contribution in [3.8, 4) is 0 Å². The summed E-state index contributed by atoms with van der Waals surface area (Å²) in [7, 11) is 0. The Balaban J connectivity index is 0.000000428. The van der Waals surface area contributed by atoms with Gasteiger partial charge in [-0.05, 0) is 12.1 Å². The fourth-order valence-corrected chi connectivity index (χ4v) is 11.7. The largest absolute Gasteiger partial charge is 0.143 e. The second-order valence-corrected chi connectivity index (χ2v) is 14.5. The molecule has 0 nitrogen and oxygen atoms in total. The van der Waals surface area contributed by atoms with Crippen LogP contribution in [0.3, 0.4) is 0 Å². The van der Waals surface area contributed by atoms with E-state index in [-0.39, 0.29) is 0 Å². The van der Waals surface area contributed by atoms with E-state index in [9.17, 15) is 0 Å². The number of hydrogen-bond donors (Lipinski definition) is 1. The number of rotatable bonds is 9. The molecular weight excluding hydrogens is 367 g/mol. The molecule has 1 aromatic rings. The van der Waals surface area contributed by atoms with Gasteiger partial charge in [-0.2, -0.15) is 0 Å². The van der Waals surface area contributed by atoms with E-state index in [1.165, 1.54) is 38.5 Å². The summed E-state index contributed by atoms with van der Waals surface area (Å²) in [4.78, 5) is 1.02. The van der Waals surface area contributed by atoms with Crippen LogP contribution in [0, 0.1) is 0 Å². The van der Waals surface area contributed by atoms with E-state index in [1.807, 2.05) is 30.3 Å². The van der Waals surface area contributed by atoms with Crippen LogP contribution in [0.15, 0.2) is 35.2 Å². The molecule has 0 bridgehead atoms. The first kappa shape index (κ1) is 20.4. The molecule has 1 rings (SSSR count). The normalized spacial score (nSPS) is 9.80. The Morgan fingerprint density at radius 3 is 1.40 bits per heavy atom. The van der Waals surface area contributed by atoms with E-state index in [0.717, 1.165) is 4.90 Å². The number of benzene rings is 1. The van der Waals surface area contributed by atoms with Gasteiger partial charge in [0.15, 0.2) is 0 Å². The van der Waals surface area contributed by atoms with Crippen molar-refractivity contribution in [2.24, 2.45) is 0 Å². The van der Waals surface area contributed by atoms with Crippen LogP contribution in [0.2, 0.25) is 13.3 Å². The summed E-state index contributed by atoms with van der Waals surface area (Å²) in [6.45, 7) is 7.00. The zero-order valence-electron chi connectivity index (χ0n) is 13.7. The topological polar surface area (TPSA) is 0 Å². The van der Waals surface area contributed by atoms with E-state index in [4.69, 9.17) is 0 Å². The van der Waals surface area contributed by atoms with Gasteiger partial charge in [-0.15, -0.1) is 12.6 Å². The van der Waals surface area contributed by atoms with E-state index < -0.39 is 19.8 Å². The van der Waals surface area contributed by atoms with Crippen LogP contribution in [-0.4, -0.2) is 19.8 Å². The van der Waals surface area contributed by atoms with Crippen molar-refractivity contribution in [3.05, 3.63) is 30.3 Å². The smallest absolute Gasteiger partial charge is 0.00399 e. The predicted molar refractivity (Wildman–Crippen MR) is 98.6 cm³/mol. The Labute approximate surface area is 139 Å². The molecule has 20 heavy (non-hydrogen) atoms. The zero-order valence-corrected chi connectivity index (χ0v) is 17.4. The SMILES string of the molecule is CCC[CH2][Sn+]([CH2]CCC)[CH2]CCC.Sc1ccccc1. The molecule has 0 saturated heterocycles. The monoisotopic (exact) mass is 401 g/mol. The average Bonchev–Trinajstić information content (AvgIpc) is 2.48. The van der Waals surface area contributed by atoms with Crippen LogP contribution in [-0.2, 0) is 0 Å². The maximum absolute atomic E-state index is 4.08. The third kappa shape index (κ3) is 13.4. The quantitative estimate of drug-likeness (QED) is 0.340. The molecule has 0 amide bonds. The zero-order chi connectivity index (χ0) is 15.1. The molecule has 0 aliphatic carbocycles. The van der Waals surface area contributed by atoms with Crippen molar-refractivity contribution in [3.63, 3.8) is 0 Å². The Morgan fingerprint density at radius 2 is 1.15 bits per heavy atom. The summed E-state index contributed by atoms with van der Waals surface area (Å²) in [5, 5.41) is 0. The minimum absolute atomic E-state index is 0.839. The fraction of sp³-hybridized carbons (Fsp3) is 0.667. The first-order valence-corrected chi connectivity index (χ1v) is 14.8. The third-order valence-corrected chi connectivity index (χ3v) is 12.8. The van der Waals surface area contributed by atoms with Crippen molar-refractivity contribution >= 4 is 32.4 Å². The molecule has 0 spiro atoms. The predicted octanol–water partition coefficient (Wildman–Crippen LogP) is 6.86. The standard InChI is InChI=1S/C6H6S.3C4H9.Sn/c7-6-4-2-1-3-5-6;3*1-3-4-2;/h1-5,7H;3*1,3-4H2,2H3;/q;;;;+1. The van der Waals surface area contributed by atoms with E-state index >= 15 is 0 Å². The van der Waals surface area contributed by atoms with Crippen molar-refractivity contribution in [1.82, 2.24) is 0 Å². The molecule has 0 aliphatic rings. The maximum atomic E-state index is 4.08. The molecule has 0 atom stereocenters. The molecule has 2 heteroatoms. The van der Waals surface area contributed by atoms with Gasteiger partial charge in [-0.25, -0.2) is 0 Å². The van der Waals surface area contributed by atoms with Crippen LogP contribution < -0.4 is 0 Å². The van der Waals surface area contributed by atoms with Gasteiger partial charge >= 0.3 is 92.4 Å². The Kier molecular flexibility index (Phi) is 16.0. The second kappa shape index (κ2) is 15.8. The minimum atomic E-state index is -0.839. The first-order valence-electron chi connectivity index (χ1n) is 8.32.